The number of carbonyl (C=O) groups is 2. The van der Waals surface area contributed by atoms with Gasteiger partial charge in [0.25, 0.3) is 5.91 Å². The highest BCUT2D eigenvalue weighted by molar-refractivity contribution is 6.05. The van der Waals surface area contributed by atoms with Crippen molar-refractivity contribution >= 4 is 28.5 Å². The van der Waals surface area contributed by atoms with Gasteiger partial charge in [-0.1, -0.05) is 0 Å². The van der Waals surface area contributed by atoms with Crippen molar-refractivity contribution in [2.45, 2.75) is 38.5 Å². The number of furan rings is 1. The number of fused-ring (bicyclic) bond motifs is 2. The Morgan fingerprint density at radius 1 is 1.10 bits per heavy atom. The molecule has 1 saturated heterocycles. The summed E-state index contributed by atoms with van der Waals surface area (Å²) in [4.78, 5) is 31.0. The highest BCUT2D eigenvalue weighted by atomic mass is 16.7. The molecule has 5 rings (SSSR count). The van der Waals surface area contributed by atoms with Crippen LogP contribution in [-0.2, 0) is 24.7 Å². The zero-order valence-electron chi connectivity index (χ0n) is 16.9. The van der Waals surface area contributed by atoms with Crippen molar-refractivity contribution in [2.75, 3.05) is 18.5 Å². The summed E-state index contributed by atoms with van der Waals surface area (Å²) < 4.78 is 7.39. The summed E-state index contributed by atoms with van der Waals surface area (Å²) in [5.74, 6) is -0.219. The van der Waals surface area contributed by atoms with Gasteiger partial charge in [0.05, 0.1) is 12.3 Å². The number of hydroxylamine groups is 2. The van der Waals surface area contributed by atoms with Gasteiger partial charge < -0.3 is 9.73 Å². The molecule has 1 aliphatic heterocycles. The summed E-state index contributed by atoms with van der Waals surface area (Å²) in [7, 11) is 1.81. The fourth-order valence-electron chi connectivity index (χ4n) is 4.26. The Labute approximate surface area is 173 Å². The van der Waals surface area contributed by atoms with Crippen molar-refractivity contribution in [3.63, 3.8) is 0 Å². The van der Waals surface area contributed by atoms with Crippen molar-refractivity contribution < 1.29 is 18.8 Å². The van der Waals surface area contributed by atoms with E-state index >= 15 is 0 Å². The van der Waals surface area contributed by atoms with Crippen LogP contribution in [0.5, 0.6) is 0 Å². The number of nitrogens with one attached hydrogen (secondary N) is 1. The third-order valence-electron chi connectivity index (χ3n) is 5.75. The number of carbonyl (C=O) groups excluding carboxylic acids is 2. The molecular weight excluding hydrogens is 384 g/mol. The first kappa shape index (κ1) is 18.9. The standard InChI is InChI=1S/C22H24N4O4/c1-25-20(16-6-2-3-7-17(16)24-25)21(27)23-15-8-9-18-14(12-15)13-19(30-18)22(28)26-10-4-5-11-29-26/h8-9,12-13H,2-7,10-11H2,1H3,(H,23,27). The van der Waals surface area contributed by atoms with E-state index < -0.39 is 0 Å². The number of hydrogen-bond acceptors (Lipinski definition) is 5. The van der Waals surface area contributed by atoms with Crippen LogP contribution in [0.15, 0.2) is 28.7 Å². The van der Waals surface area contributed by atoms with E-state index in [2.05, 4.69) is 10.4 Å². The number of aryl methyl sites for hydroxylation is 2. The molecule has 0 radical (unpaired) electrons. The molecule has 1 fully saturated rings. The first-order chi connectivity index (χ1) is 14.6. The largest absolute Gasteiger partial charge is 0.451 e. The smallest absolute Gasteiger partial charge is 0.313 e. The maximum atomic E-state index is 13.0. The van der Waals surface area contributed by atoms with Gasteiger partial charge in [0.15, 0.2) is 5.76 Å². The third kappa shape index (κ3) is 3.37. The minimum atomic E-state index is -0.280. The summed E-state index contributed by atoms with van der Waals surface area (Å²) in [6, 6.07) is 7.04. The van der Waals surface area contributed by atoms with E-state index in [-0.39, 0.29) is 17.6 Å². The van der Waals surface area contributed by atoms with Gasteiger partial charge in [0.2, 0.25) is 0 Å². The van der Waals surface area contributed by atoms with Gasteiger partial charge in [-0.25, -0.2) is 5.06 Å². The summed E-state index contributed by atoms with van der Waals surface area (Å²) in [5, 5.41) is 9.59. The second-order valence-corrected chi connectivity index (χ2v) is 7.87. The molecule has 1 aliphatic carbocycles. The number of anilines is 1. The molecule has 0 unspecified atom stereocenters. The van der Waals surface area contributed by atoms with E-state index in [1.54, 1.807) is 22.9 Å². The molecule has 8 nitrogen and oxygen atoms in total. The Balaban J connectivity index is 1.37. The summed E-state index contributed by atoms with van der Waals surface area (Å²) in [6.45, 7) is 1.10. The van der Waals surface area contributed by atoms with Crippen molar-refractivity contribution in [3.8, 4) is 0 Å². The summed E-state index contributed by atoms with van der Waals surface area (Å²) >= 11 is 0. The maximum absolute atomic E-state index is 13.0. The summed E-state index contributed by atoms with van der Waals surface area (Å²) in [6.07, 6.45) is 5.88. The highest BCUT2D eigenvalue weighted by Gasteiger charge is 2.25. The lowest BCUT2D eigenvalue weighted by molar-refractivity contribution is -0.145. The number of nitrogens with zero attached hydrogens (tertiary/aromatic N) is 3. The van der Waals surface area contributed by atoms with Crippen LogP contribution >= 0.6 is 0 Å². The molecule has 0 bridgehead atoms. The molecule has 2 amide bonds. The lowest BCUT2D eigenvalue weighted by atomic mass is 9.95. The number of hydrogen-bond donors (Lipinski definition) is 1. The molecule has 0 saturated carbocycles. The molecule has 0 atom stereocenters. The average molecular weight is 408 g/mol. The van der Waals surface area contributed by atoms with Crippen molar-refractivity contribution in [1.29, 1.82) is 0 Å². The molecule has 8 heteroatoms. The minimum Gasteiger partial charge on any atom is -0.451 e. The monoisotopic (exact) mass is 408 g/mol. The predicted octanol–water partition coefficient (Wildman–Crippen LogP) is 3.47. The Morgan fingerprint density at radius 2 is 1.97 bits per heavy atom. The van der Waals surface area contributed by atoms with Crippen LogP contribution in [0.3, 0.4) is 0 Å². The van der Waals surface area contributed by atoms with Gasteiger partial charge in [-0.3, -0.25) is 19.1 Å². The lowest BCUT2D eigenvalue weighted by Gasteiger charge is -2.24. The normalized spacial score (nSPS) is 16.5. The summed E-state index contributed by atoms with van der Waals surface area (Å²) in [5.41, 5.74) is 3.94. The number of rotatable bonds is 3. The van der Waals surface area contributed by atoms with Crippen LogP contribution in [0.25, 0.3) is 11.0 Å². The quantitative estimate of drug-likeness (QED) is 0.717. The first-order valence-corrected chi connectivity index (χ1v) is 10.4. The van der Waals surface area contributed by atoms with Crippen molar-refractivity contribution in [3.05, 3.63) is 47.0 Å². The molecule has 30 heavy (non-hydrogen) atoms. The predicted molar refractivity (Wildman–Crippen MR) is 110 cm³/mol. The molecule has 1 N–H and O–H groups in total. The Hall–Kier alpha value is -3.13. The van der Waals surface area contributed by atoms with Crippen LogP contribution in [0.4, 0.5) is 5.69 Å². The molecule has 156 valence electrons. The fraction of sp³-hybridized carbons (Fsp3) is 0.409. The van der Waals surface area contributed by atoms with Gasteiger partial charge in [-0.05, 0) is 62.8 Å². The van der Waals surface area contributed by atoms with Crippen molar-refractivity contribution in [1.82, 2.24) is 14.8 Å². The number of aromatic nitrogens is 2. The zero-order chi connectivity index (χ0) is 20.7. The molecule has 2 aromatic heterocycles. The first-order valence-electron chi connectivity index (χ1n) is 10.4. The maximum Gasteiger partial charge on any atom is 0.313 e. The Kier molecular flexibility index (Phi) is 4.78. The van der Waals surface area contributed by atoms with E-state index in [0.29, 0.717) is 30.1 Å². The third-order valence-corrected chi connectivity index (χ3v) is 5.75. The second kappa shape index (κ2) is 7.60. The molecule has 3 aromatic rings. The van der Waals surface area contributed by atoms with E-state index in [4.69, 9.17) is 9.25 Å². The molecular formula is C22H24N4O4. The number of amides is 2. The number of benzene rings is 1. The fourth-order valence-corrected chi connectivity index (χ4v) is 4.26. The van der Waals surface area contributed by atoms with Gasteiger partial charge in [0.1, 0.15) is 11.3 Å². The van der Waals surface area contributed by atoms with Crippen LogP contribution < -0.4 is 5.32 Å². The molecule has 2 aliphatic rings. The molecule has 3 heterocycles. The van der Waals surface area contributed by atoms with Gasteiger partial charge in [-0.15, -0.1) is 0 Å². The molecule has 1 aromatic carbocycles. The van der Waals surface area contributed by atoms with Gasteiger partial charge >= 0.3 is 5.91 Å². The van der Waals surface area contributed by atoms with Crippen LogP contribution in [0.1, 0.15) is 58.0 Å². The van der Waals surface area contributed by atoms with Gasteiger partial charge in [0, 0.05) is 30.2 Å². The van der Waals surface area contributed by atoms with Crippen molar-refractivity contribution in [2.24, 2.45) is 7.05 Å². The average Bonchev–Trinajstić information content (AvgIpc) is 3.33. The Morgan fingerprint density at radius 3 is 2.80 bits per heavy atom. The zero-order valence-corrected chi connectivity index (χ0v) is 16.9. The lowest BCUT2D eigenvalue weighted by Crippen LogP contribution is -2.35. The molecule has 0 spiro atoms. The van der Waals surface area contributed by atoms with E-state index in [9.17, 15) is 9.59 Å². The topological polar surface area (TPSA) is 89.6 Å². The highest BCUT2D eigenvalue weighted by Crippen LogP contribution is 2.27. The Bertz CT molecular complexity index is 1120. The van der Waals surface area contributed by atoms with E-state index in [1.165, 1.54) is 5.06 Å². The van der Waals surface area contributed by atoms with Crippen LogP contribution in [0, 0.1) is 0 Å². The minimum absolute atomic E-state index is 0.172. The van der Waals surface area contributed by atoms with Gasteiger partial charge in [-0.2, -0.15) is 5.10 Å². The second-order valence-electron chi connectivity index (χ2n) is 7.87. The van der Waals surface area contributed by atoms with E-state index in [1.807, 2.05) is 13.1 Å². The SMILES string of the molecule is Cn1nc2c(c1C(=O)Nc1ccc3oc(C(=O)N4CCCCO4)cc3c1)CCCC2. The van der Waals surface area contributed by atoms with E-state index in [0.717, 1.165) is 55.2 Å². The van der Waals surface area contributed by atoms with Crippen LogP contribution in [-0.4, -0.2) is 39.8 Å². The van der Waals surface area contributed by atoms with Crippen LogP contribution in [0.2, 0.25) is 0 Å².